The lowest BCUT2D eigenvalue weighted by Gasteiger charge is -2.22. The lowest BCUT2D eigenvalue weighted by atomic mass is 9.98. The fraction of sp³-hybridized carbons (Fsp3) is 0.471. The van der Waals surface area contributed by atoms with Crippen molar-refractivity contribution >= 4 is 11.6 Å². The largest absolute Gasteiger partial charge is 0.454 e. The molecule has 0 amide bonds. The molecule has 1 aromatic heterocycles. The number of hydrogen-bond acceptors (Lipinski definition) is 4. The Hall–Kier alpha value is -1.72. The van der Waals surface area contributed by atoms with Gasteiger partial charge in [0.1, 0.15) is 5.82 Å². The number of halogens is 1. The molecule has 6 heteroatoms. The van der Waals surface area contributed by atoms with Crippen molar-refractivity contribution in [3.05, 3.63) is 29.5 Å². The van der Waals surface area contributed by atoms with E-state index in [2.05, 4.69) is 9.55 Å². The van der Waals surface area contributed by atoms with Crippen molar-refractivity contribution in [2.24, 2.45) is 5.92 Å². The van der Waals surface area contributed by atoms with Crippen LogP contribution in [0.15, 0.2) is 24.5 Å². The quantitative estimate of drug-likeness (QED) is 0.854. The third-order valence-electron chi connectivity index (χ3n) is 4.45. The molecule has 0 saturated carbocycles. The van der Waals surface area contributed by atoms with Gasteiger partial charge in [0.25, 0.3) is 0 Å². The summed E-state index contributed by atoms with van der Waals surface area (Å²) in [6.07, 6.45) is 7.31. The lowest BCUT2D eigenvalue weighted by Crippen LogP contribution is -2.19. The van der Waals surface area contributed by atoms with Gasteiger partial charge in [-0.2, -0.15) is 0 Å². The fourth-order valence-corrected chi connectivity index (χ4v) is 3.42. The van der Waals surface area contributed by atoms with Crippen LogP contribution in [0.3, 0.4) is 0 Å². The molecule has 1 unspecified atom stereocenters. The van der Waals surface area contributed by atoms with Crippen LogP contribution in [-0.2, 0) is 11.3 Å². The SMILES string of the molecule is Clc1cc2c(cc1-c1nccn1CCC1CCCOC1)OCO2. The van der Waals surface area contributed by atoms with Crippen molar-refractivity contribution in [3.63, 3.8) is 0 Å². The molecule has 3 heterocycles. The van der Waals surface area contributed by atoms with E-state index in [4.69, 9.17) is 25.8 Å². The Bertz CT molecular complexity index is 695. The smallest absolute Gasteiger partial charge is 0.231 e. The molecule has 23 heavy (non-hydrogen) atoms. The van der Waals surface area contributed by atoms with Crippen LogP contribution < -0.4 is 9.47 Å². The highest BCUT2D eigenvalue weighted by atomic mass is 35.5. The molecule has 0 bridgehead atoms. The van der Waals surface area contributed by atoms with E-state index in [9.17, 15) is 0 Å². The number of benzene rings is 1. The lowest BCUT2D eigenvalue weighted by molar-refractivity contribution is 0.0501. The molecule has 4 rings (SSSR count). The van der Waals surface area contributed by atoms with E-state index in [1.165, 1.54) is 6.42 Å². The van der Waals surface area contributed by atoms with Crippen LogP contribution >= 0.6 is 11.6 Å². The summed E-state index contributed by atoms with van der Waals surface area (Å²) in [5, 5.41) is 0.627. The van der Waals surface area contributed by atoms with Crippen LogP contribution in [0, 0.1) is 5.92 Å². The predicted molar refractivity (Wildman–Crippen MR) is 87.0 cm³/mol. The van der Waals surface area contributed by atoms with E-state index in [0.717, 1.165) is 49.7 Å². The molecule has 2 aromatic rings. The number of hydrogen-bond donors (Lipinski definition) is 0. The second kappa shape index (κ2) is 6.42. The zero-order valence-electron chi connectivity index (χ0n) is 12.8. The van der Waals surface area contributed by atoms with Crippen molar-refractivity contribution in [2.45, 2.75) is 25.8 Å². The first-order valence-corrected chi connectivity index (χ1v) is 8.37. The minimum absolute atomic E-state index is 0.241. The third-order valence-corrected chi connectivity index (χ3v) is 4.76. The third kappa shape index (κ3) is 3.03. The van der Waals surface area contributed by atoms with Crippen LogP contribution in [0.1, 0.15) is 19.3 Å². The number of imidazole rings is 1. The van der Waals surface area contributed by atoms with Crippen molar-refractivity contribution in [1.29, 1.82) is 0 Å². The highest BCUT2D eigenvalue weighted by Crippen LogP contribution is 2.40. The Morgan fingerprint density at radius 3 is 2.96 bits per heavy atom. The number of fused-ring (bicyclic) bond motifs is 1. The van der Waals surface area contributed by atoms with E-state index in [1.807, 2.05) is 18.5 Å². The van der Waals surface area contributed by atoms with Gasteiger partial charge in [-0.15, -0.1) is 0 Å². The standard InChI is InChI=1S/C17H19ClN2O3/c18-14-9-16-15(22-11-23-16)8-13(14)17-19-4-6-20(17)5-3-12-2-1-7-21-10-12/h4,6,8-9,12H,1-3,5,7,10-11H2. The molecule has 2 aliphatic heterocycles. The van der Waals surface area contributed by atoms with Crippen LogP contribution in [0.5, 0.6) is 11.5 Å². The molecule has 1 fully saturated rings. The second-order valence-corrected chi connectivity index (χ2v) is 6.41. The number of ether oxygens (including phenoxy) is 3. The van der Waals surface area contributed by atoms with Gasteiger partial charge in [0.15, 0.2) is 11.5 Å². The Morgan fingerprint density at radius 1 is 1.26 bits per heavy atom. The van der Waals surface area contributed by atoms with E-state index < -0.39 is 0 Å². The van der Waals surface area contributed by atoms with Gasteiger partial charge in [-0.1, -0.05) is 11.6 Å². The normalized spacial score (nSPS) is 20.0. The van der Waals surface area contributed by atoms with Gasteiger partial charge in [-0.3, -0.25) is 0 Å². The molecule has 0 radical (unpaired) electrons. The van der Waals surface area contributed by atoms with Gasteiger partial charge in [-0.05, 0) is 31.2 Å². The van der Waals surface area contributed by atoms with Crippen molar-refractivity contribution in [2.75, 3.05) is 20.0 Å². The highest BCUT2D eigenvalue weighted by molar-refractivity contribution is 6.33. The first kappa shape index (κ1) is 14.8. The topological polar surface area (TPSA) is 45.5 Å². The van der Waals surface area contributed by atoms with Gasteiger partial charge < -0.3 is 18.8 Å². The Morgan fingerprint density at radius 2 is 2.13 bits per heavy atom. The van der Waals surface area contributed by atoms with Crippen molar-refractivity contribution < 1.29 is 14.2 Å². The highest BCUT2D eigenvalue weighted by Gasteiger charge is 2.20. The molecule has 0 N–H and O–H groups in total. The average Bonchev–Trinajstić information content (AvgIpc) is 3.21. The van der Waals surface area contributed by atoms with Gasteiger partial charge in [0.05, 0.1) is 5.02 Å². The second-order valence-electron chi connectivity index (χ2n) is 6.00. The fourth-order valence-electron chi connectivity index (χ4n) is 3.18. The molecule has 122 valence electrons. The summed E-state index contributed by atoms with van der Waals surface area (Å²) in [5.74, 6) is 2.91. The zero-order chi connectivity index (χ0) is 15.6. The van der Waals surface area contributed by atoms with E-state index >= 15 is 0 Å². The van der Waals surface area contributed by atoms with Crippen LogP contribution in [-0.4, -0.2) is 29.6 Å². The number of nitrogens with zero attached hydrogens (tertiary/aromatic N) is 2. The van der Waals surface area contributed by atoms with Crippen LogP contribution in [0.2, 0.25) is 5.02 Å². The summed E-state index contributed by atoms with van der Waals surface area (Å²) in [5.41, 5.74) is 0.876. The van der Waals surface area contributed by atoms with Gasteiger partial charge >= 0.3 is 0 Å². The van der Waals surface area contributed by atoms with Crippen LogP contribution in [0.4, 0.5) is 0 Å². The Labute approximate surface area is 140 Å². The average molecular weight is 335 g/mol. The number of aryl methyl sites for hydroxylation is 1. The summed E-state index contributed by atoms with van der Waals surface area (Å²) in [6, 6.07) is 3.71. The van der Waals surface area contributed by atoms with Crippen molar-refractivity contribution in [3.8, 4) is 22.9 Å². The number of aromatic nitrogens is 2. The van der Waals surface area contributed by atoms with Gasteiger partial charge in [0.2, 0.25) is 6.79 Å². The molecular formula is C17H19ClN2O3. The maximum Gasteiger partial charge on any atom is 0.231 e. The first-order valence-electron chi connectivity index (χ1n) is 7.99. The summed E-state index contributed by atoms with van der Waals surface area (Å²) in [6.45, 7) is 2.92. The Kier molecular flexibility index (Phi) is 4.14. The minimum atomic E-state index is 0.241. The monoisotopic (exact) mass is 334 g/mol. The summed E-state index contributed by atoms with van der Waals surface area (Å²) >= 11 is 6.41. The number of rotatable bonds is 4. The van der Waals surface area contributed by atoms with Gasteiger partial charge in [-0.25, -0.2) is 4.98 Å². The summed E-state index contributed by atoms with van der Waals surface area (Å²) in [4.78, 5) is 4.49. The van der Waals surface area contributed by atoms with Crippen molar-refractivity contribution in [1.82, 2.24) is 9.55 Å². The van der Waals surface area contributed by atoms with Gasteiger partial charge in [0, 0.05) is 43.8 Å². The maximum atomic E-state index is 6.41. The molecule has 1 aromatic carbocycles. The van der Waals surface area contributed by atoms with E-state index in [0.29, 0.717) is 16.7 Å². The zero-order valence-corrected chi connectivity index (χ0v) is 13.6. The Balaban J connectivity index is 1.55. The van der Waals surface area contributed by atoms with E-state index in [1.54, 1.807) is 6.07 Å². The maximum absolute atomic E-state index is 6.41. The summed E-state index contributed by atoms with van der Waals surface area (Å²) < 4.78 is 18.5. The molecule has 1 saturated heterocycles. The molecule has 0 aliphatic carbocycles. The molecule has 0 spiro atoms. The molecular weight excluding hydrogens is 316 g/mol. The minimum Gasteiger partial charge on any atom is -0.454 e. The molecule has 1 atom stereocenters. The predicted octanol–water partition coefficient (Wildman–Crippen LogP) is 3.75. The van der Waals surface area contributed by atoms with Crippen LogP contribution in [0.25, 0.3) is 11.4 Å². The first-order chi connectivity index (χ1) is 11.3. The van der Waals surface area contributed by atoms with E-state index in [-0.39, 0.29) is 6.79 Å². The summed E-state index contributed by atoms with van der Waals surface area (Å²) in [7, 11) is 0. The molecule has 2 aliphatic rings. The molecule has 5 nitrogen and oxygen atoms in total.